The highest BCUT2D eigenvalue weighted by Crippen LogP contribution is 2.27. The molecule has 1 fully saturated rings. The second-order valence-corrected chi connectivity index (χ2v) is 6.42. The molecule has 0 aromatic carbocycles. The average Bonchev–Trinajstić information content (AvgIpc) is 2.46. The van der Waals surface area contributed by atoms with Crippen LogP contribution in [0.4, 0.5) is 5.82 Å². The smallest absolute Gasteiger partial charge is 0.132 e. The molecule has 0 N–H and O–H groups in total. The SMILES string of the molecule is CC(C)c1cc(N(CCBr)C2CCCCC2)ncn1. The summed E-state index contributed by atoms with van der Waals surface area (Å²) in [6.45, 7) is 5.39. The van der Waals surface area contributed by atoms with Crippen molar-refractivity contribution >= 4 is 21.7 Å². The molecule has 1 aliphatic carbocycles. The number of hydrogen-bond donors (Lipinski definition) is 0. The lowest BCUT2D eigenvalue weighted by atomic mass is 9.94. The Morgan fingerprint density at radius 1 is 1.26 bits per heavy atom. The molecule has 0 saturated heterocycles. The molecular formula is C15H24BrN3. The molecule has 1 aliphatic rings. The predicted octanol–water partition coefficient (Wildman–Crippen LogP) is 4.13. The molecule has 1 heterocycles. The average molecular weight is 326 g/mol. The van der Waals surface area contributed by atoms with Crippen LogP contribution in [0.5, 0.6) is 0 Å². The summed E-state index contributed by atoms with van der Waals surface area (Å²) in [5.41, 5.74) is 1.14. The van der Waals surface area contributed by atoms with Gasteiger partial charge in [-0.2, -0.15) is 0 Å². The van der Waals surface area contributed by atoms with E-state index in [1.165, 1.54) is 32.1 Å². The van der Waals surface area contributed by atoms with Gasteiger partial charge in [0.25, 0.3) is 0 Å². The molecule has 1 aromatic rings. The van der Waals surface area contributed by atoms with Crippen LogP contribution in [0.2, 0.25) is 0 Å². The molecule has 2 rings (SSSR count). The van der Waals surface area contributed by atoms with E-state index in [1.54, 1.807) is 6.33 Å². The second-order valence-electron chi connectivity index (χ2n) is 5.63. The predicted molar refractivity (Wildman–Crippen MR) is 84.1 cm³/mol. The first kappa shape index (κ1) is 14.8. The molecule has 1 saturated carbocycles. The molecule has 0 bridgehead atoms. The highest BCUT2D eigenvalue weighted by Gasteiger charge is 2.22. The van der Waals surface area contributed by atoms with Crippen molar-refractivity contribution in [1.82, 2.24) is 9.97 Å². The third kappa shape index (κ3) is 3.91. The molecule has 3 nitrogen and oxygen atoms in total. The summed E-state index contributed by atoms with van der Waals surface area (Å²) < 4.78 is 0. The van der Waals surface area contributed by atoms with Crippen molar-refractivity contribution in [3.8, 4) is 0 Å². The van der Waals surface area contributed by atoms with E-state index in [0.29, 0.717) is 12.0 Å². The lowest BCUT2D eigenvalue weighted by Crippen LogP contribution is -2.38. The van der Waals surface area contributed by atoms with Crippen molar-refractivity contribution in [3.05, 3.63) is 18.1 Å². The lowest BCUT2D eigenvalue weighted by molar-refractivity contribution is 0.417. The summed E-state index contributed by atoms with van der Waals surface area (Å²) in [5.74, 6) is 1.56. The van der Waals surface area contributed by atoms with Gasteiger partial charge in [-0.3, -0.25) is 0 Å². The van der Waals surface area contributed by atoms with Crippen LogP contribution in [0.15, 0.2) is 12.4 Å². The van der Waals surface area contributed by atoms with Crippen LogP contribution < -0.4 is 4.90 Å². The van der Waals surface area contributed by atoms with Crippen molar-refractivity contribution in [2.24, 2.45) is 0 Å². The number of hydrogen-bond acceptors (Lipinski definition) is 3. The van der Waals surface area contributed by atoms with Gasteiger partial charge in [-0.05, 0) is 18.8 Å². The highest BCUT2D eigenvalue weighted by molar-refractivity contribution is 9.09. The zero-order chi connectivity index (χ0) is 13.7. The molecule has 0 aliphatic heterocycles. The van der Waals surface area contributed by atoms with Gasteiger partial charge in [0.15, 0.2) is 0 Å². The number of alkyl halides is 1. The maximum Gasteiger partial charge on any atom is 0.132 e. The van der Waals surface area contributed by atoms with E-state index in [-0.39, 0.29) is 0 Å². The molecule has 0 atom stereocenters. The fraction of sp³-hybridized carbons (Fsp3) is 0.733. The molecule has 0 amide bonds. The van der Waals surface area contributed by atoms with E-state index < -0.39 is 0 Å². The Morgan fingerprint density at radius 2 is 2.00 bits per heavy atom. The second kappa shape index (κ2) is 7.22. The minimum atomic E-state index is 0.457. The molecule has 0 spiro atoms. The molecule has 0 unspecified atom stereocenters. The lowest BCUT2D eigenvalue weighted by Gasteiger charge is -2.35. The Balaban J connectivity index is 2.19. The molecule has 0 radical (unpaired) electrons. The molecule has 106 valence electrons. The van der Waals surface area contributed by atoms with Gasteiger partial charge in [0, 0.05) is 29.7 Å². The minimum Gasteiger partial charge on any atom is -0.353 e. The van der Waals surface area contributed by atoms with Crippen LogP contribution in [0, 0.1) is 0 Å². The topological polar surface area (TPSA) is 29.0 Å². The highest BCUT2D eigenvalue weighted by atomic mass is 79.9. The van der Waals surface area contributed by atoms with Gasteiger partial charge in [-0.15, -0.1) is 0 Å². The van der Waals surface area contributed by atoms with Crippen molar-refractivity contribution in [1.29, 1.82) is 0 Å². The van der Waals surface area contributed by atoms with E-state index in [0.717, 1.165) is 23.4 Å². The van der Waals surface area contributed by atoms with Crippen molar-refractivity contribution in [2.45, 2.75) is 57.9 Å². The maximum absolute atomic E-state index is 4.51. The van der Waals surface area contributed by atoms with Gasteiger partial charge >= 0.3 is 0 Å². The number of nitrogens with zero attached hydrogens (tertiary/aromatic N) is 3. The summed E-state index contributed by atoms with van der Waals surface area (Å²) in [6.07, 6.45) is 8.41. The number of anilines is 1. The largest absolute Gasteiger partial charge is 0.353 e. The fourth-order valence-corrected chi connectivity index (χ4v) is 3.18. The van der Waals surface area contributed by atoms with Crippen molar-refractivity contribution < 1.29 is 0 Å². The Hall–Kier alpha value is -0.640. The maximum atomic E-state index is 4.51. The third-order valence-corrected chi connectivity index (χ3v) is 4.26. The van der Waals surface area contributed by atoms with E-state index in [1.807, 2.05) is 0 Å². The van der Waals surface area contributed by atoms with E-state index >= 15 is 0 Å². The van der Waals surface area contributed by atoms with Crippen molar-refractivity contribution in [2.75, 3.05) is 16.8 Å². The minimum absolute atomic E-state index is 0.457. The number of halogens is 1. The van der Waals surface area contributed by atoms with Crippen LogP contribution in [-0.2, 0) is 0 Å². The molecule has 19 heavy (non-hydrogen) atoms. The van der Waals surface area contributed by atoms with Gasteiger partial charge in [-0.1, -0.05) is 49.0 Å². The molecular weight excluding hydrogens is 302 g/mol. The standard InChI is InChI=1S/C15H24BrN3/c1-12(2)14-10-15(18-11-17-14)19(9-8-16)13-6-4-3-5-7-13/h10-13H,3-9H2,1-2H3. The van der Waals surface area contributed by atoms with Gasteiger partial charge in [0.1, 0.15) is 12.1 Å². The first-order valence-electron chi connectivity index (χ1n) is 7.37. The normalized spacial score (nSPS) is 16.8. The zero-order valence-electron chi connectivity index (χ0n) is 12.0. The molecule has 1 aromatic heterocycles. The monoisotopic (exact) mass is 325 g/mol. The van der Waals surface area contributed by atoms with Gasteiger partial charge in [0.05, 0.1) is 0 Å². The first-order chi connectivity index (χ1) is 9.22. The van der Waals surface area contributed by atoms with E-state index in [4.69, 9.17) is 0 Å². The van der Waals surface area contributed by atoms with E-state index in [2.05, 4.69) is 50.7 Å². The summed E-state index contributed by atoms with van der Waals surface area (Å²) in [7, 11) is 0. The van der Waals surface area contributed by atoms with E-state index in [9.17, 15) is 0 Å². The quantitative estimate of drug-likeness (QED) is 0.762. The van der Waals surface area contributed by atoms with Crippen molar-refractivity contribution in [3.63, 3.8) is 0 Å². The van der Waals surface area contributed by atoms with Crippen LogP contribution in [0.25, 0.3) is 0 Å². The van der Waals surface area contributed by atoms with Gasteiger partial charge in [-0.25, -0.2) is 9.97 Å². The van der Waals surface area contributed by atoms with Crippen LogP contribution >= 0.6 is 15.9 Å². The molecule has 4 heteroatoms. The fourth-order valence-electron chi connectivity index (χ4n) is 2.80. The summed E-state index contributed by atoms with van der Waals surface area (Å²) in [6, 6.07) is 2.82. The number of rotatable bonds is 5. The summed E-state index contributed by atoms with van der Waals surface area (Å²) in [4.78, 5) is 11.4. The summed E-state index contributed by atoms with van der Waals surface area (Å²) >= 11 is 3.58. The van der Waals surface area contributed by atoms with Crippen LogP contribution in [0.1, 0.15) is 57.6 Å². The summed E-state index contributed by atoms with van der Waals surface area (Å²) in [5, 5.41) is 0.991. The Bertz CT molecular complexity index is 389. The van der Waals surface area contributed by atoms with Crippen LogP contribution in [0.3, 0.4) is 0 Å². The Labute approximate surface area is 125 Å². The third-order valence-electron chi connectivity index (χ3n) is 3.90. The van der Waals surface area contributed by atoms with Gasteiger partial charge in [0.2, 0.25) is 0 Å². The number of aromatic nitrogens is 2. The first-order valence-corrected chi connectivity index (χ1v) is 8.49. The zero-order valence-corrected chi connectivity index (χ0v) is 13.6. The van der Waals surface area contributed by atoms with Gasteiger partial charge < -0.3 is 4.90 Å². The van der Waals surface area contributed by atoms with Crippen LogP contribution in [-0.4, -0.2) is 27.9 Å². The Morgan fingerprint density at radius 3 is 2.63 bits per heavy atom. The Kier molecular flexibility index (Phi) is 5.61.